The lowest BCUT2D eigenvalue weighted by Gasteiger charge is -2.35. The van der Waals surface area contributed by atoms with Gasteiger partial charge in [-0.2, -0.15) is 0 Å². The molecule has 1 aromatic rings. The van der Waals surface area contributed by atoms with E-state index in [1.54, 1.807) is 6.07 Å². The molecule has 0 N–H and O–H groups in total. The fourth-order valence-electron chi connectivity index (χ4n) is 2.29. The summed E-state index contributed by atoms with van der Waals surface area (Å²) in [5.41, 5.74) is 0.591. The molecule has 1 aliphatic rings. The summed E-state index contributed by atoms with van der Waals surface area (Å²) in [6.07, 6.45) is 1.07. The third kappa shape index (κ3) is 2.72. The van der Waals surface area contributed by atoms with Crippen LogP contribution in [0.4, 0.5) is 0 Å². The maximum Gasteiger partial charge on any atom is 0.255 e. The van der Waals surface area contributed by atoms with Crippen LogP contribution in [0.25, 0.3) is 0 Å². The molecule has 98 valence electrons. The zero-order valence-corrected chi connectivity index (χ0v) is 13.0. The highest BCUT2D eigenvalue weighted by Crippen LogP contribution is 2.29. The molecule has 18 heavy (non-hydrogen) atoms. The molecular formula is C14H17BrClNO. The first-order chi connectivity index (χ1) is 8.50. The number of likely N-dealkylation sites (tertiary alicyclic amines) is 1. The topological polar surface area (TPSA) is 20.3 Å². The Kier molecular flexibility index (Phi) is 4.33. The van der Waals surface area contributed by atoms with E-state index in [1.807, 2.05) is 17.0 Å². The Labute approximate surface area is 121 Å². The van der Waals surface area contributed by atoms with E-state index in [0.29, 0.717) is 22.4 Å². The van der Waals surface area contributed by atoms with Crippen molar-refractivity contribution in [3.63, 3.8) is 0 Å². The smallest absolute Gasteiger partial charge is 0.255 e. The average Bonchev–Trinajstić information content (AvgIpc) is 2.35. The standard InChI is InChI=1S/C14H17BrClNO/c1-9-6-7-17(8-10(9)2)14(18)11-4-3-5-12(15)13(11)16/h3-5,9-10H,6-8H2,1-2H3. The van der Waals surface area contributed by atoms with Crippen LogP contribution >= 0.6 is 27.5 Å². The van der Waals surface area contributed by atoms with Crippen LogP contribution < -0.4 is 0 Å². The second-order valence-corrected chi connectivity index (χ2v) is 6.33. The van der Waals surface area contributed by atoms with Gasteiger partial charge >= 0.3 is 0 Å². The van der Waals surface area contributed by atoms with Gasteiger partial charge in [0.1, 0.15) is 0 Å². The summed E-state index contributed by atoms with van der Waals surface area (Å²) in [4.78, 5) is 14.4. The molecule has 4 heteroatoms. The number of hydrogen-bond acceptors (Lipinski definition) is 1. The number of halogens is 2. The fraction of sp³-hybridized carbons (Fsp3) is 0.500. The number of hydrogen-bond donors (Lipinski definition) is 0. The molecular weight excluding hydrogens is 314 g/mol. The van der Waals surface area contributed by atoms with Gasteiger partial charge in [-0.15, -0.1) is 0 Å². The van der Waals surface area contributed by atoms with Gasteiger partial charge in [0, 0.05) is 17.6 Å². The van der Waals surface area contributed by atoms with Crippen LogP contribution in [-0.2, 0) is 0 Å². The Morgan fingerprint density at radius 2 is 2.11 bits per heavy atom. The lowest BCUT2D eigenvalue weighted by molar-refractivity contribution is 0.0627. The van der Waals surface area contributed by atoms with E-state index in [0.717, 1.165) is 24.0 Å². The molecule has 2 rings (SSSR count). The van der Waals surface area contributed by atoms with Gasteiger partial charge < -0.3 is 4.90 Å². The van der Waals surface area contributed by atoms with Gasteiger partial charge in [0.15, 0.2) is 0 Å². The van der Waals surface area contributed by atoms with Crippen LogP contribution in [0.2, 0.25) is 5.02 Å². The molecule has 0 aliphatic carbocycles. The van der Waals surface area contributed by atoms with Crippen molar-refractivity contribution in [3.05, 3.63) is 33.3 Å². The minimum Gasteiger partial charge on any atom is -0.338 e. The van der Waals surface area contributed by atoms with Crippen molar-refractivity contribution in [2.45, 2.75) is 20.3 Å². The Balaban J connectivity index is 2.19. The quantitative estimate of drug-likeness (QED) is 0.755. The number of amides is 1. The van der Waals surface area contributed by atoms with E-state index in [9.17, 15) is 4.79 Å². The third-order valence-corrected chi connectivity index (χ3v) is 5.10. The maximum atomic E-state index is 12.4. The Morgan fingerprint density at radius 3 is 2.78 bits per heavy atom. The van der Waals surface area contributed by atoms with Crippen molar-refractivity contribution < 1.29 is 4.79 Å². The number of rotatable bonds is 1. The summed E-state index contributed by atoms with van der Waals surface area (Å²) >= 11 is 9.54. The molecule has 1 amide bonds. The van der Waals surface area contributed by atoms with Crippen LogP contribution in [-0.4, -0.2) is 23.9 Å². The Morgan fingerprint density at radius 1 is 1.39 bits per heavy atom. The molecule has 2 nitrogen and oxygen atoms in total. The van der Waals surface area contributed by atoms with Gasteiger partial charge in [-0.05, 0) is 46.3 Å². The SMILES string of the molecule is CC1CCN(C(=O)c2cccc(Br)c2Cl)CC1C. The first-order valence-electron chi connectivity index (χ1n) is 6.24. The van der Waals surface area contributed by atoms with Crippen LogP contribution in [0.1, 0.15) is 30.6 Å². The second-order valence-electron chi connectivity index (χ2n) is 5.10. The van der Waals surface area contributed by atoms with Gasteiger partial charge in [0.25, 0.3) is 5.91 Å². The summed E-state index contributed by atoms with van der Waals surface area (Å²) < 4.78 is 0.772. The van der Waals surface area contributed by atoms with E-state index >= 15 is 0 Å². The highest BCUT2D eigenvalue weighted by atomic mass is 79.9. The van der Waals surface area contributed by atoms with Crippen molar-refractivity contribution in [1.29, 1.82) is 0 Å². The van der Waals surface area contributed by atoms with Crippen molar-refractivity contribution in [2.75, 3.05) is 13.1 Å². The molecule has 2 unspecified atom stereocenters. The highest BCUT2D eigenvalue weighted by Gasteiger charge is 2.27. The minimum absolute atomic E-state index is 0.0417. The molecule has 1 aliphatic heterocycles. The summed E-state index contributed by atoms with van der Waals surface area (Å²) in [5, 5.41) is 0.508. The molecule has 0 radical (unpaired) electrons. The molecule has 1 aromatic carbocycles. The molecule has 0 saturated carbocycles. The molecule has 0 spiro atoms. The van der Waals surface area contributed by atoms with Crippen molar-refractivity contribution in [1.82, 2.24) is 4.90 Å². The van der Waals surface area contributed by atoms with E-state index in [-0.39, 0.29) is 5.91 Å². The van der Waals surface area contributed by atoms with Crippen LogP contribution in [0, 0.1) is 11.8 Å². The zero-order chi connectivity index (χ0) is 13.3. The Bertz CT molecular complexity index is 463. The third-order valence-electron chi connectivity index (χ3n) is 3.80. The first kappa shape index (κ1) is 13.9. The van der Waals surface area contributed by atoms with Gasteiger partial charge in [-0.3, -0.25) is 4.79 Å². The van der Waals surface area contributed by atoms with Crippen LogP contribution in [0.3, 0.4) is 0 Å². The van der Waals surface area contributed by atoms with Gasteiger partial charge in [-0.1, -0.05) is 31.5 Å². The zero-order valence-electron chi connectivity index (χ0n) is 10.6. The first-order valence-corrected chi connectivity index (χ1v) is 7.41. The molecule has 1 saturated heterocycles. The van der Waals surface area contributed by atoms with Crippen molar-refractivity contribution in [2.24, 2.45) is 11.8 Å². The average molecular weight is 331 g/mol. The summed E-state index contributed by atoms with van der Waals surface area (Å²) in [6.45, 7) is 6.10. The van der Waals surface area contributed by atoms with Crippen molar-refractivity contribution >= 4 is 33.4 Å². The largest absolute Gasteiger partial charge is 0.338 e. The van der Waals surface area contributed by atoms with E-state index in [4.69, 9.17) is 11.6 Å². The number of carbonyl (C=O) groups is 1. The van der Waals surface area contributed by atoms with Gasteiger partial charge in [-0.25, -0.2) is 0 Å². The summed E-state index contributed by atoms with van der Waals surface area (Å²) in [6, 6.07) is 5.48. The highest BCUT2D eigenvalue weighted by molar-refractivity contribution is 9.10. The Hall–Kier alpha value is -0.540. The van der Waals surface area contributed by atoms with Gasteiger partial charge in [0.05, 0.1) is 10.6 Å². The van der Waals surface area contributed by atoms with E-state index in [1.165, 1.54) is 0 Å². The number of piperidine rings is 1. The van der Waals surface area contributed by atoms with Crippen LogP contribution in [0.15, 0.2) is 22.7 Å². The van der Waals surface area contributed by atoms with Gasteiger partial charge in [0.2, 0.25) is 0 Å². The number of carbonyl (C=O) groups excluding carboxylic acids is 1. The molecule has 1 heterocycles. The molecule has 1 fully saturated rings. The summed E-state index contributed by atoms with van der Waals surface area (Å²) in [5.74, 6) is 1.28. The monoisotopic (exact) mass is 329 g/mol. The molecule has 2 atom stereocenters. The fourth-order valence-corrected chi connectivity index (χ4v) is 2.86. The number of nitrogens with zero attached hydrogens (tertiary/aromatic N) is 1. The summed E-state index contributed by atoms with van der Waals surface area (Å²) in [7, 11) is 0. The lowest BCUT2D eigenvalue weighted by Crippen LogP contribution is -2.42. The second kappa shape index (κ2) is 5.62. The predicted molar refractivity (Wildman–Crippen MR) is 78.0 cm³/mol. The van der Waals surface area contributed by atoms with Crippen LogP contribution in [0.5, 0.6) is 0 Å². The van der Waals surface area contributed by atoms with E-state index in [2.05, 4.69) is 29.8 Å². The van der Waals surface area contributed by atoms with Crippen molar-refractivity contribution in [3.8, 4) is 0 Å². The molecule has 0 aromatic heterocycles. The minimum atomic E-state index is 0.0417. The van der Waals surface area contributed by atoms with E-state index < -0.39 is 0 Å². The maximum absolute atomic E-state index is 12.4. The number of benzene rings is 1. The normalized spacial score (nSPS) is 24.1. The lowest BCUT2D eigenvalue weighted by atomic mass is 9.88. The predicted octanol–water partition coefficient (Wildman–Crippen LogP) is 4.22. The molecule has 0 bridgehead atoms.